The van der Waals surface area contributed by atoms with E-state index in [2.05, 4.69) is 31.1 Å². The lowest BCUT2D eigenvalue weighted by atomic mass is 10.2. The molecule has 0 aliphatic rings. The van der Waals surface area contributed by atoms with Crippen LogP contribution in [0.15, 0.2) is 27.5 Å². The highest BCUT2D eigenvalue weighted by molar-refractivity contribution is 9.10. The minimum Gasteiger partial charge on any atom is -0.385 e. The molecule has 1 atom stereocenters. The molecule has 6 nitrogen and oxygen atoms in total. The molecule has 0 bridgehead atoms. The molecule has 7 heteroatoms. The van der Waals surface area contributed by atoms with E-state index in [1.165, 1.54) is 0 Å². The molecule has 0 saturated heterocycles. The molecule has 0 spiro atoms. The normalized spacial score (nSPS) is 12.6. The Bertz CT molecular complexity index is 517. The van der Waals surface area contributed by atoms with E-state index in [1.807, 2.05) is 6.07 Å². The number of hydrogen-bond donors (Lipinski definition) is 1. The van der Waals surface area contributed by atoms with Crippen LogP contribution in [0.4, 0.5) is 0 Å². The Hall–Kier alpha value is -1.31. The van der Waals surface area contributed by atoms with Gasteiger partial charge in [0.05, 0.1) is 6.04 Å². The fourth-order valence-electron chi connectivity index (χ4n) is 1.41. The van der Waals surface area contributed by atoms with Crippen LogP contribution in [0.25, 0.3) is 11.4 Å². The molecule has 0 saturated carbocycles. The highest BCUT2D eigenvalue weighted by Gasteiger charge is 2.15. The van der Waals surface area contributed by atoms with Crippen LogP contribution in [-0.2, 0) is 4.74 Å². The summed E-state index contributed by atoms with van der Waals surface area (Å²) in [5.41, 5.74) is 6.68. The number of ether oxygens (including phenoxy) is 1. The van der Waals surface area contributed by atoms with Crippen LogP contribution in [-0.4, -0.2) is 28.8 Å². The monoisotopic (exact) mass is 312 g/mol. The Balaban J connectivity index is 2.15. The molecule has 2 aromatic heterocycles. The molecule has 0 radical (unpaired) electrons. The first-order valence-electron chi connectivity index (χ1n) is 5.39. The molecular formula is C11H13BrN4O2. The zero-order valence-electron chi connectivity index (χ0n) is 9.84. The lowest BCUT2D eigenvalue weighted by Crippen LogP contribution is -2.12. The van der Waals surface area contributed by atoms with Gasteiger partial charge in [-0.2, -0.15) is 4.98 Å². The molecule has 2 N–H and O–H groups in total. The Labute approximate surface area is 113 Å². The minimum absolute atomic E-state index is 0.314. The summed E-state index contributed by atoms with van der Waals surface area (Å²) in [7, 11) is 1.62. The zero-order valence-corrected chi connectivity index (χ0v) is 11.4. The molecule has 0 fully saturated rings. The topological polar surface area (TPSA) is 87.1 Å². The molecule has 0 aliphatic carbocycles. The van der Waals surface area contributed by atoms with Crippen molar-refractivity contribution in [2.45, 2.75) is 12.5 Å². The molecule has 1 unspecified atom stereocenters. The van der Waals surface area contributed by atoms with E-state index < -0.39 is 0 Å². The summed E-state index contributed by atoms with van der Waals surface area (Å²) in [4.78, 5) is 8.30. The summed E-state index contributed by atoms with van der Waals surface area (Å²) in [6.45, 7) is 0.553. The molecule has 2 heterocycles. The first-order chi connectivity index (χ1) is 8.70. The standard InChI is InChI=1S/C11H13BrN4O2/c1-17-3-2-9(13)11-15-10(16-18-11)7-4-8(12)6-14-5-7/h4-6,9H,2-3,13H2,1H3. The third kappa shape index (κ3) is 3.12. The van der Waals surface area contributed by atoms with Gasteiger partial charge in [-0.25, -0.2) is 0 Å². The van der Waals surface area contributed by atoms with Crippen molar-refractivity contribution in [3.8, 4) is 11.4 Å². The number of nitrogens with zero attached hydrogens (tertiary/aromatic N) is 3. The molecular weight excluding hydrogens is 300 g/mol. The zero-order chi connectivity index (χ0) is 13.0. The molecule has 2 aromatic rings. The lowest BCUT2D eigenvalue weighted by molar-refractivity contribution is 0.182. The highest BCUT2D eigenvalue weighted by Crippen LogP contribution is 2.21. The van der Waals surface area contributed by atoms with Crippen molar-refractivity contribution >= 4 is 15.9 Å². The van der Waals surface area contributed by atoms with Crippen molar-refractivity contribution in [1.82, 2.24) is 15.1 Å². The third-order valence-corrected chi connectivity index (χ3v) is 2.79. The van der Waals surface area contributed by atoms with Gasteiger partial charge in [-0.15, -0.1) is 0 Å². The van der Waals surface area contributed by atoms with Crippen molar-refractivity contribution in [2.75, 3.05) is 13.7 Å². The second-order valence-corrected chi connectivity index (χ2v) is 4.65. The first kappa shape index (κ1) is 13.1. The van der Waals surface area contributed by atoms with Gasteiger partial charge < -0.3 is 15.0 Å². The van der Waals surface area contributed by atoms with Crippen LogP contribution >= 0.6 is 15.9 Å². The summed E-state index contributed by atoms with van der Waals surface area (Å²) >= 11 is 3.34. The summed E-state index contributed by atoms with van der Waals surface area (Å²) in [5.74, 6) is 0.883. The number of rotatable bonds is 5. The Kier molecular flexibility index (Phi) is 4.40. The largest absolute Gasteiger partial charge is 0.385 e. The maximum absolute atomic E-state index is 5.90. The van der Waals surface area contributed by atoms with E-state index in [4.69, 9.17) is 15.0 Å². The van der Waals surface area contributed by atoms with Crippen LogP contribution in [0.3, 0.4) is 0 Å². The second kappa shape index (κ2) is 6.03. The van der Waals surface area contributed by atoms with E-state index in [0.29, 0.717) is 24.7 Å². The minimum atomic E-state index is -0.314. The van der Waals surface area contributed by atoms with Crippen LogP contribution < -0.4 is 5.73 Å². The fourth-order valence-corrected chi connectivity index (χ4v) is 1.77. The van der Waals surface area contributed by atoms with Gasteiger partial charge >= 0.3 is 0 Å². The van der Waals surface area contributed by atoms with Crippen LogP contribution in [0.2, 0.25) is 0 Å². The maximum atomic E-state index is 5.90. The highest BCUT2D eigenvalue weighted by atomic mass is 79.9. The molecule has 0 amide bonds. The summed E-state index contributed by atoms with van der Waals surface area (Å²) in [5, 5.41) is 3.89. The molecule has 18 heavy (non-hydrogen) atoms. The average Bonchev–Trinajstić information content (AvgIpc) is 2.85. The quantitative estimate of drug-likeness (QED) is 0.907. The van der Waals surface area contributed by atoms with Gasteiger partial charge in [0.1, 0.15) is 0 Å². The Morgan fingerprint density at radius 1 is 1.50 bits per heavy atom. The van der Waals surface area contributed by atoms with Gasteiger partial charge in [0, 0.05) is 36.1 Å². The van der Waals surface area contributed by atoms with Gasteiger partial charge in [0.25, 0.3) is 0 Å². The van der Waals surface area contributed by atoms with E-state index >= 15 is 0 Å². The fraction of sp³-hybridized carbons (Fsp3) is 0.364. The van der Waals surface area contributed by atoms with Gasteiger partial charge in [0.15, 0.2) is 0 Å². The number of pyridine rings is 1. The van der Waals surface area contributed by atoms with Crippen LogP contribution in [0.5, 0.6) is 0 Å². The SMILES string of the molecule is COCCC(N)c1nc(-c2cncc(Br)c2)no1. The molecule has 96 valence electrons. The first-order valence-corrected chi connectivity index (χ1v) is 6.19. The number of hydrogen-bond acceptors (Lipinski definition) is 6. The predicted molar refractivity (Wildman–Crippen MR) is 68.7 cm³/mol. The van der Waals surface area contributed by atoms with E-state index in [-0.39, 0.29) is 6.04 Å². The number of methoxy groups -OCH3 is 1. The van der Waals surface area contributed by atoms with Gasteiger partial charge in [0.2, 0.25) is 11.7 Å². The number of nitrogens with two attached hydrogens (primary N) is 1. The van der Waals surface area contributed by atoms with Gasteiger partial charge in [-0.05, 0) is 28.4 Å². The Morgan fingerprint density at radius 3 is 3.06 bits per heavy atom. The van der Waals surface area contributed by atoms with Crippen LogP contribution in [0.1, 0.15) is 18.4 Å². The third-order valence-electron chi connectivity index (χ3n) is 2.35. The van der Waals surface area contributed by atoms with Gasteiger partial charge in [-0.1, -0.05) is 5.16 Å². The van der Waals surface area contributed by atoms with Crippen molar-refractivity contribution in [2.24, 2.45) is 5.73 Å². The maximum Gasteiger partial charge on any atom is 0.243 e. The van der Waals surface area contributed by atoms with Gasteiger partial charge in [-0.3, -0.25) is 4.98 Å². The van der Waals surface area contributed by atoms with Crippen LogP contribution in [0, 0.1) is 0 Å². The van der Waals surface area contributed by atoms with E-state index in [0.717, 1.165) is 10.0 Å². The van der Waals surface area contributed by atoms with E-state index in [9.17, 15) is 0 Å². The second-order valence-electron chi connectivity index (χ2n) is 3.74. The van der Waals surface area contributed by atoms with E-state index in [1.54, 1.807) is 19.5 Å². The lowest BCUT2D eigenvalue weighted by Gasteiger charge is -2.04. The smallest absolute Gasteiger partial charge is 0.243 e. The van der Waals surface area contributed by atoms with Crippen molar-refractivity contribution in [1.29, 1.82) is 0 Å². The molecule has 0 aliphatic heterocycles. The summed E-state index contributed by atoms with van der Waals surface area (Å²) < 4.78 is 10.9. The predicted octanol–water partition coefficient (Wildman–Crippen LogP) is 1.93. The summed E-state index contributed by atoms with van der Waals surface area (Å²) in [6, 6.07) is 1.55. The number of aromatic nitrogens is 3. The van der Waals surface area contributed by atoms with Crippen molar-refractivity contribution < 1.29 is 9.26 Å². The molecule has 0 aromatic carbocycles. The molecule has 2 rings (SSSR count). The number of halogens is 1. The summed E-state index contributed by atoms with van der Waals surface area (Å²) in [6.07, 6.45) is 3.99. The van der Waals surface area contributed by atoms with Crippen molar-refractivity contribution in [3.63, 3.8) is 0 Å². The Morgan fingerprint density at radius 2 is 2.33 bits per heavy atom. The average molecular weight is 313 g/mol. The van der Waals surface area contributed by atoms with Crippen molar-refractivity contribution in [3.05, 3.63) is 28.8 Å².